The molecule has 1 saturated carbocycles. The van der Waals surface area contributed by atoms with E-state index in [1.54, 1.807) is 0 Å². The first-order valence-electron chi connectivity index (χ1n) is 7.35. The number of amides is 1. The molecule has 1 aliphatic rings. The van der Waals surface area contributed by atoms with E-state index in [0.29, 0.717) is 12.0 Å². The Kier molecular flexibility index (Phi) is 4.83. The zero-order valence-electron chi connectivity index (χ0n) is 11.9. The molecule has 0 bridgehead atoms. The van der Waals surface area contributed by atoms with Gasteiger partial charge in [-0.2, -0.15) is 0 Å². The fraction of sp³-hybridized carbons (Fsp3) is 0.562. The van der Waals surface area contributed by atoms with Gasteiger partial charge in [-0.05, 0) is 56.4 Å². The Morgan fingerprint density at radius 3 is 2.53 bits per heavy atom. The van der Waals surface area contributed by atoms with E-state index in [2.05, 4.69) is 24.5 Å². The van der Waals surface area contributed by atoms with Gasteiger partial charge in [-0.25, -0.2) is 0 Å². The lowest BCUT2D eigenvalue weighted by Gasteiger charge is -2.31. The number of carbonyl (C=O) groups is 1. The Morgan fingerprint density at radius 1 is 1.32 bits per heavy atom. The Morgan fingerprint density at radius 2 is 2.00 bits per heavy atom. The number of anilines is 1. The maximum absolute atomic E-state index is 12.1. The summed E-state index contributed by atoms with van der Waals surface area (Å²) in [4.78, 5) is 12.1. The van der Waals surface area contributed by atoms with Crippen LogP contribution in [0, 0.1) is 5.92 Å². The molecule has 0 spiro atoms. The van der Waals surface area contributed by atoms with E-state index < -0.39 is 0 Å². The molecule has 0 aromatic heterocycles. The minimum absolute atomic E-state index is 0.0430. The van der Waals surface area contributed by atoms with Gasteiger partial charge in [0.25, 0.3) is 5.91 Å². The van der Waals surface area contributed by atoms with Crippen LogP contribution in [0.25, 0.3) is 0 Å². The summed E-state index contributed by atoms with van der Waals surface area (Å²) in [5.41, 5.74) is 1.82. The largest absolute Gasteiger partial charge is 0.385 e. The van der Waals surface area contributed by atoms with E-state index in [-0.39, 0.29) is 5.91 Å². The van der Waals surface area contributed by atoms with Gasteiger partial charge in [0, 0.05) is 23.8 Å². The van der Waals surface area contributed by atoms with E-state index >= 15 is 0 Å². The van der Waals surface area contributed by atoms with Crippen molar-refractivity contribution in [2.24, 2.45) is 5.92 Å². The average Bonchev–Trinajstić information content (AvgIpc) is 2.34. The Balaban J connectivity index is 1.87. The maximum atomic E-state index is 12.1. The third-order valence-corrected chi connectivity index (χ3v) is 3.94. The zero-order valence-corrected chi connectivity index (χ0v) is 11.9. The van der Waals surface area contributed by atoms with E-state index in [0.717, 1.165) is 24.2 Å². The van der Waals surface area contributed by atoms with Crippen molar-refractivity contribution >= 4 is 11.6 Å². The van der Waals surface area contributed by atoms with Gasteiger partial charge in [-0.15, -0.1) is 0 Å². The second kappa shape index (κ2) is 6.60. The van der Waals surface area contributed by atoms with Crippen LogP contribution in [0.4, 0.5) is 5.69 Å². The van der Waals surface area contributed by atoms with E-state index in [1.807, 2.05) is 24.3 Å². The Hall–Kier alpha value is -1.51. The lowest BCUT2D eigenvalue weighted by atomic mass is 9.80. The van der Waals surface area contributed by atoms with Crippen LogP contribution in [-0.4, -0.2) is 18.5 Å². The summed E-state index contributed by atoms with van der Waals surface area (Å²) >= 11 is 0. The van der Waals surface area contributed by atoms with Crippen molar-refractivity contribution < 1.29 is 4.79 Å². The van der Waals surface area contributed by atoms with Gasteiger partial charge in [0.2, 0.25) is 0 Å². The molecule has 19 heavy (non-hydrogen) atoms. The summed E-state index contributed by atoms with van der Waals surface area (Å²) in [5, 5.41) is 6.41. The molecule has 0 aliphatic heterocycles. The number of hydrogen-bond acceptors (Lipinski definition) is 2. The van der Waals surface area contributed by atoms with Crippen molar-refractivity contribution in [2.45, 2.75) is 45.6 Å². The van der Waals surface area contributed by atoms with Crippen LogP contribution in [-0.2, 0) is 0 Å². The molecule has 0 saturated heterocycles. The van der Waals surface area contributed by atoms with Crippen molar-refractivity contribution in [1.29, 1.82) is 0 Å². The van der Waals surface area contributed by atoms with Crippen LogP contribution in [0.2, 0.25) is 0 Å². The van der Waals surface area contributed by atoms with Crippen LogP contribution in [0.15, 0.2) is 24.3 Å². The molecule has 2 rings (SSSR count). The smallest absolute Gasteiger partial charge is 0.251 e. The molecule has 3 heteroatoms. The van der Waals surface area contributed by atoms with Gasteiger partial charge in [0.1, 0.15) is 0 Å². The fourth-order valence-electron chi connectivity index (χ4n) is 2.36. The van der Waals surface area contributed by atoms with Crippen molar-refractivity contribution in [3.05, 3.63) is 29.8 Å². The highest BCUT2D eigenvalue weighted by Gasteiger charge is 2.25. The third kappa shape index (κ3) is 3.72. The second-order valence-corrected chi connectivity index (χ2v) is 5.46. The molecule has 1 aromatic carbocycles. The highest BCUT2D eigenvalue weighted by atomic mass is 16.1. The molecule has 1 aromatic rings. The van der Waals surface area contributed by atoms with Crippen molar-refractivity contribution in [3.8, 4) is 0 Å². The predicted molar refractivity (Wildman–Crippen MR) is 79.5 cm³/mol. The fourth-order valence-corrected chi connectivity index (χ4v) is 2.36. The monoisotopic (exact) mass is 260 g/mol. The summed E-state index contributed by atoms with van der Waals surface area (Å²) < 4.78 is 0. The van der Waals surface area contributed by atoms with Crippen LogP contribution >= 0.6 is 0 Å². The summed E-state index contributed by atoms with van der Waals surface area (Å²) in [6, 6.07) is 8.01. The van der Waals surface area contributed by atoms with E-state index in [4.69, 9.17) is 0 Å². The van der Waals surface area contributed by atoms with Crippen LogP contribution < -0.4 is 10.6 Å². The van der Waals surface area contributed by atoms with Gasteiger partial charge >= 0.3 is 0 Å². The van der Waals surface area contributed by atoms with Crippen LogP contribution in [0.5, 0.6) is 0 Å². The molecule has 0 heterocycles. The number of carbonyl (C=O) groups excluding carboxylic acids is 1. The third-order valence-electron chi connectivity index (χ3n) is 3.94. The quantitative estimate of drug-likeness (QED) is 0.822. The molecular weight excluding hydrogens is 236 g/mol. The van der Waals surface area contributed by atoms with Crippen molar-refractivity contribution in [1.82, 2.24) is 5.32 Å². The molecule has 1 unspecified atom stereocenters. The minimum atomic E-state index is 0.0430. The summed E-state index contributed by atoms with van der Waals surface area (Å²) in [6.45, 7) is 5.21. The standard InChI is InChI=1S/C16H24N2O/c1-3-11-17-15-9-7-14(8-10-15)16(19)18-12(2)13-5-4-6-13/h7-10,12-13,17H,3-6,11H2,1-2H3,(H,18,19). The number of hydrogen-bond donors (Lipinski definition) is 2. The summed E-state index contributed by atoms with van der Waals surface area (Å²) in [6.07, 6.45) is 4.91. The van der Waals surface area contributed by atoms with E-state index in [1.165, 1.54) is 19.3 Å². The molecule has 104 valence electrons. The van der Waals surface area contributed by atoms with Gasteiger partial charge in [0.05, 0.1) is 0 Å². The van der Waals surface area contributed by atoms with Crippen molar-refractivity contribution in [2.75, 3.05) is 11.9 Å². The highest BCUT2D eigenvalue weighted by Crippen LogP contribution is 2.29. The van der Waals surface area contributed by atoms with E-state index in [9.17, 15) is 4.79 Å². The average molecular weight is 260 g/mol. The van der Waals surface area contributed by atoms with Crippen LogP contribution in [0.1, 0.15) is 49.9 Å². The molecule has 0 radical (unpaired) electrons. The number of nitrogens with one attached hydrogen (secondary N) is 2. The Labute approximate surface area is 115 Å². The van der Waals surface area contributed by atoms with Gasteiger partial charge in [-0.3, -0.25) is 4.79 Å². The van der Waals surface area contributed by atoms with Gasteiger partial charge in [-0.1, -0.05) is 13.3 Å². The first-order valence-corrected chi connectivity index (χ1v) is 7.35. The zero-order chi connectivity index (χ0) is 13.7. The maximum Gasteiger partial charge on any atom is 0.251 e. The second-order valence-electron chi connectivity index (χ2n) is 5.46. The molecule has 1 aliphatic carbocycles. The minimum Gasteiger partial charge on any atom is -0.385 e. The molecule has 3 nitrogen and oxygen atoms in total. The normalized spacial score (nSPS) is 16.5. The predicted octanol–water partition coefficient (Wildman–Crippen LogP) is 3.43. The SMILES string of the molecule is CCCNc1ccc(C(=O)NC(C)C2CCC2)cc1. The number of rotatable bonds is 6. The van der Waals surface area contributed by atoms with Gasteiger partial charge < -0.3 is 10.6 Å². The van der Waals surface area contributed by atoms with Crippen molar-refractivity contribution in [3.63, 3.8) is 0 Å². The Bertz CT molecular complexity index is 409. The summed E-state index contributed by atoms with van der Waals surface area (Å²) in [7, 11) is 0. The van der Waals surface area contributed by atoms with Crippen LogP contribution in [0.3, 0.4) is 0 Å². The topological polar surface area (TPSA) is 41.1 Å². The lowest BCUT2D eigenvalue weighted by Crippen LogP contribution is -2.40. The number of benzene rings is 1. The molecule has 1 fully saturated rings. The first-order chi connectivity index (χ1) is 9.20. The summed E-state index contributed by atoms with van der Waals surface area (Å²) in [5.74, 6) is 0.718. The molecular formula is C16H24N2O. The molecule has 2 N–H and O–H groups in total. The lowest BCUT2D eigenvalue weighted by molar-refractivity contribution is 0.0909. The molecule has 1 amide bonds. The first kappa shape index (κ1) is 13.9. The molecule has 1 atom stereocenters. The van der Waals surface area contributed by atoms with Gasteiger partial charge in [0.15, 0.2) is 0 Å². The highest BCUT2D eigenvalue weighted by molar-refractivity contribution is 5.94.